The molecule has 0 aliphatic carbocycles. The molecule has 0 aromatic heterocycles. The third-order valence-electron chi connectivity index (χ3n) is 2.96. The van der Waals surface area contributed by atoms with Gasteiger partial charge in [-0.2, -0.15) is 10.5 Å². The summed E-state index contributed by atoms with van der Waals surface area (Å²) in [7, 11) is 1.53. The maximum absolute atomic E-state index is 9.30. The standard InChI is InChI=1S/C14H17N3O/c1-4-17(5-2)13(10-16)11-6-7-14(18-3)12(8-11)9-15/h6-8,13H,4-5H2,1-3H3. The molecule has 0 heterocycles. The van der Waals surface area contributed by atoms with Crippen molar-refractivity contribution in [3.63, 3.8) is 0 Å². The second kappa shape index (κ2) is 6.64. The SMILES string of the molecule is CCN(CC)C(C#N)c1ccc(OC)c(C#N)c1. The van der Waals surface area contributed by atoms with E-state index in [1.165, 1.54) is 7.11 Å². The number of nitrogens with zero attached hydrogens (tertiary/aromatic N) is 3. The van der Waals surface area contributed by atoms with Gasteiger partial charge < -0.3 is 4.74 Å². The molecule has 0 aliphatic rings. The molecule has 0 radical (unpaired) electrons. The zero-order valence-electron chi connectivity index (χ0n) is 11.0. The van der Waals surface area contributed by atoms with E-state index in [2.05, 4.69) is 12.1 Å². The first-order valence-electron chi connectivity index (χ1n) is 5.93. The summed E-state index contributed by atoms with van der Waals surface area (Å²) in [6.45, 7) is 5.62. The van der Waals surface area contributed by atoms with Gasteiger partial charge in [0.05, 0.1) is 18.7 Å². The highest BCUT2D eigenvalue weighted by Gasteiger charge is 2.18. The maximum Gasteiger partial charge on any atom is 0.136 e. The van der Waals surface area contributed by atoms with Crippen LogP contribution in [0.4, 0.5) is 0 Å². The van der Waals surface area contributed by atoms with E-state index in [1.807, 2.05) is 24.8 Å². The minimum atomic E-state index is -0.321. The molecule has 0 aliphatic heterocycles. The lowest BCUT2D eigenvalue weighted by atomic mass is 10.0. The fourth-order valence-corrected chi connectivity index (χ4v) is 1.94. The summed E-state index contributed by atoms with van der Waals surface area (Å²) in [6.07, 6.45) is 0. The Bertz CT molecular complexity index is 481. The van der Waals surface area contributed by atoms with Crippen LogP contribution in [0.5, 0.6) is 5.75 Å². The lowest BCUT2D eigenvalue weighted by Gasteiger charge is -2.24. The van der Waals surface area contributed by atoms with Crippen molar-refractivity contribution in [2.45, 2.75) is 19.9 Å². The normalized spacial score (nSPS) is 11.7. The topological polar surface area (TPSA) is 60.1 Å². The van der Waals surface area contributed by atoms with Crippen LogP contribution in [-0.2, 0) is 0 Å². The van der Waals surface area contributed by atoms with Gasteiger partial charge in [-0.05, 0) is 30.8 Å². The van der Waals surface area contributed by atoms with Crippen LogP contribution in [-0.4, -0.2) is 25.1 Å². The first-order valence-corrected chi connectivity index (χ1v) is 5.93. The smallest absolute Gasteiger partial charge is 0.136 e. The Labute approximate surface area is 108 Å². The van der Waals surface area contributed by atoms with Crippen molar-refractivity contribution in [1.82, 2.24) is 4.90 Å². The second-order valence-corrected chi connectivity index (χ2v) is 3.82. The fourth-order valence-electron chi connectivity index (χ4n) is 1.94. The lowest BCUT2D eigenvalue weighted by molar-refractivity contribution is 0.262. The van der Waals surface area contributed by atoms with E-state index in [0.29, 0.717) is 11.3 Å². The molecule has 18 heavy (non-hydrogen) atoms. The summed E-state index contributed by atoms with van der Waals surface area (Å²) in [5, 5.41) is 18.4. The summed E-state index contributed by atoms with van der Waals surface area (Å²) < 4.78 is 5.10. The number of hydrogen-bond donors (Lipinski definition) is 0. The molecule has 0 saturated carbocycles. The molecular weight excluding hydrogens is 226 g/mol. The minimum Gasteiger partial charge on any atom is -0.495 e. The molecule has 1 unspecified atom stereocenters. The molecule has 1 rings (SSSR count). The van der Waals surface area contributed by atoms with Crippen LogP contribution in [0.2, 0.25) is 0 Å². The van der Waals surface area contributed by atoms with Crippen LogP contribution in [0, 0.1) is 22.7 Å². The van der Waals surface area contributed by atoms with E-state index in [1.54, 1.807) is 12.1 Å². The van der Waals surface area contributed by atoms with Crippen LogP contribution in [0.25, 0.3) is 0 Å². The van der Waals surface area contributed by atoms with E-state index in [9.17, 15) is 5.26 Å². The zero-order valence-corrected chi connectivity index (χ0v) is 11.0. The molecule has 4 heteroatoms. The highest BCUT2D eigenvalue weighted by atomic mass is 16.5. The third kappa shape index (κ3) is 2.80. The second-order valence-electron chi connectivity index (χ2n) is 3.82. The molecule has 1 atom stereocenters. The van der Waals surface area contributed by atoms with Crippen LogP contribution in [0.3, 0.4) is 0 Å². The molecule has 1 aromatic rings. The van der Waals surface area contributed by atoms with Crippen molar-refractivity contribution in [3.8, 4) is 17.9 Å². The van der Waals surface area contributed by atoms with E-state index < -0.39 is 0 Å². The van der Waals surface area contributed by atoms with Gasteiger partial charge >= 0.3 is 0 Å². The molecule has 0 spiro atoms. The van der Waals surface area contributed by atoms with Gasteiger partial charge in [0.1, 0.15) is 17.9 Å². The van der Waals surface area contributed by atoms with Gasteiger partial charge in [-0.25, -0.2) is 0 Å². The Hall–Kier alpha value is -2.04. The van der Waals surface area contributed by atoms with Gasteiger partial charge in [0.25, 0.3) is 0 Å². The van der Waals surface area contributed by atoms with Crippen LogP contribution in [0.15, 0.2) is 18.2 Å². The van der Waals surface area contributed by atoms with E-state index in [-0.39, 0.29) is 6.04 Å². The number of benzene rings is 1. The van der Waals surface area contributed by atoms with Gasteiger partial charge in [-0.15, -0.1) is 0 Å². The van der Waals surface area contributed by atoms with Gasteiger partial charge in [0.2, 0.25) is 0 Å². The minimum absolute atomic E-state index is 0.321. The van der Waals surface area contributed by atoms with Gasteiger partial charge in [-0.3, -0.25) is 4.90 Å². The van der Waals surface area contributed by atoms with Crippen molar-refractivity contribution in [2.75, 3.05) is 20.2 Å². The van der Waals surface area contributed by atoms with Crippen LogP contribution >= 0.6 is 0 Å². The highest BCUT2D eigenvalue weighted by molar-refractivity contribution is 5.46. The summed E-state index contributed by atoms with van der Waals surface area (Å²) in [6, 6.07) is 9.36. The maximum atomic E-state index is 9.30. The largest absolute Gasteiger partial charge is 0.495 e. The van der Waals surface area contributed by atoms with Gasteiger partial charge in [-0.1, -0.05) is 19.9 Å². The summed E-state index contributed by atoms with van der Waals surface area (Å²) in [5.74, 6) is 0.539. The van der Waals surface area contributed by atoms with Crippen molar-refractivity contribution in [2.24, 2.45) is 0 Å². The molecule has 1 aromatic carbocycles. The lowest BCUT2D eigenvalue weighted by Crippen LogP contribution is -2.27. The van der Waals surface area contributed by atoms with E-state index in [0.717, 1.165) is 18.7 Å². The predicted molar refractivity (Wildman–Crippen MR) is 69.0 cm³/mol. The quantitative estimate of drug-likeness (QED) is 0.797. The zero-order chi connectivity index (χ0) is 13.5. The van der Waals surface area contributed by atoms with E-state index >= 15 is 0 Å². The molecule has 94 valence electrons. The van der Waals surface area contributed by atoms with Gasteiger partial charge in [0.15, 0.2) is 0 Å². The number of nitriles is 2. The third-order valence-corrected chi connectivity index (χ3v) is 2.96. The monoisotopic (exact) mass is 243 g/mol. The Morgan fingerprint density at radius 3 is 2.39 bits per heavy atom. The summed E-state index contributed by atoms with van der Waals surface area (Å²) >= 11 is 0. The Balaban J connectivity index is 3.16. The van der Waals surface area contributed by atoms with Crippen molar-refractivity contribution in [3.05, 3.63) is 29.3 Å². The molecule has 0 N–H and O–H groups in total. The van der Waals surface area contributed by atoms with Crippen molar-refractivity contribution in [1.29, 1.82) is 10.5 Å². The summed E-state index contributed by atoms with van der Waals surface area (Å²) in [5.41, 5.74) is 1.29. The molecule has 0 saturated heterocycles. The Morgan fingerprint density at radius 1 is 1.28 bits per heavy atom. The molecule has 0 amide bonds. The Morgan fingerprint density at radius 2 is 1.94 bits per heavy atom. The molecular formula is C14H17N3O. The highest BCUT2D eigenvalue weighted by Crippen LogP contribution is 2.25. The van der Waals surface area contributed by atoms with Gasteiger partial charge in [0, 0.05) is 0 Å². The number of methoxy groups -OCH3 is 1. The molecule has 4 nitrogen and oxygen atoms in total. The first-order chi connectivity index (χ1) is 8.71. The number of ether oxygens (including phenoxy) is 1. The number of rotatable bonds is 5. The average Bonchev–Trinajstić information content (AvgIpc) is 2.43. The Kier molecular flexibility index (Phi) is 5.17. The van der Waals surface area contributed by atoms with Crippen LogP contribution in [0.1, 0.15) is 31.0 Å². The van der Waals surface area contributed by atoms with Crippen molar-refractivity contribution >= 4 is 0 Å². The first kappa shape index (κ1) is 14.0. The molecule has 0 bridgehead atoms. The van der Waals surface area contributed by atoms with E-state index in [4.69, 9.17) is 10.00 Å². The average molecular weight is 243 g/mol. The number of hydrogen-bond acceptors (Lipinski definition) is 4. The fraction of sp³-hybridized carbons (Fsp3) is 0.429. The molecule has 0 fully saturated rings. The predicted octanol–water partition coefficient (Wildman–Crippen LogP) is 2.47. The van der Waals surface area contributed by atoms with Crippen molar-refractivity contribution < 1.29 is 4.74 Å². The van der Waals surface area contributed by atoms with Crippen LogP contribution < -0.4 is 4.74 Å². The summed E-state index contributed by atoms with van der Waals surface area (Å²) in [4.78, 5) is 2.04.